The van der Waals surface area contributed by atoms with E-state index in [2.05, 4.69) is 5.32 Å². The average molecular weight is 280 g/mol. The number of carbonyl (C=O) groups is 1. The van der Waals surface area contributed by atoms with Gasteiger partial charge in [0.2, 0.25) is 0 Å². The van der Waals surface area contributed by atoms with Crippen LogP contribution in [0.2, 0.25) is 0 Å². The van der Waals surface area contributed by atoms with Gasteiger partial charge in [-0.15, -0.1) is 0 Å². The third kappa shape index (κ3) is 2.43. The zero-order chi connectivity index (χ0) is 14.4. The maximum Gasteiger partial charge on any atom is 0.410 e. The van der Waals surface area contributed by atoms with Crippen molar-refractivity contribution in [2.45, 2.75) is 64.5 Å². The Labute approximate surface area is 122 Å². The van der Waals surface area contributed by atoms with E-state index in [1.54, 1.807) is 0 Å². The summed E-state index contributed by atoms with van der Waals surface area (Å²) in [6, 6.07) is 0.438. The number of carbonyl (C=O) groups excluding carboxylic acids is 1. The Balaban J connectivity index is 1.69. The van der Waals surface area contributed by atoms with Gasteiger partial charge in [-0.05, 0) is 65.5 Å². The summed E-state index contributed by atoms with van der Waals surface area (Å²) in [6.45, 7) is 8.96. The van der Waals surface area contributed by atoms with Crippen LogP contribution in [0.15, 0.2) is 0 Å². The molecule has 1 atom stereocenters. The second kappa shape index (κ2) is 4.90. The molecule has 1 amide bonds. The van der Waals surface area contributed by atoms with Gasteiger partial charge in [-0.2, -0.15) is 0 Å². The van der Waals surface area contributed by atoms with Gasteiger partial charge in [0.05, 0.1) is 0 Å². The summed E-state index contributed by atoms with van der Waals surface area (Å²) < 4.78 is 5.60. The fourth-order valence-electron chi connectivity index (χ4n) is 4.25. The SMILES string of the molecule is CC(C)(C)OC(=O)N1CC2(CCC2)C1C1CCNCC1. The number of nitrogens with zero attached hydrogens (tertiary/aromatic N) is 1. The van der Waals surface area contributed by atoms with Gasteiger partial charge < -0.3 is 15.0 Å². The summed E-state index contributed by atoms with van der Waals surface area (Å²) >= 11 is 0. The van der Waals surface area contributed by atoms with Crippen LogP contribution >= 0.6 is 0 Å². The maximum atomic E-state index is 12.4. The zero-order valence-electron chi connectivity index (χ0n) is 13.1. The number of likely N-dealkylation sites (tertiary alicyclic amines) is 1. The highest BCUT2D eigenvalue weighted by atomic mass is 16.6. The molecule has 2 heterocycles. The number of hydrogen-bond donors (Lipinski definition) is 1. The van der Waals surface area contributed by atoms with Crippen LogP contribution in [-0.2, 0) is 4.74 Å². The summed E-state index contributed by atoms with van der Waals surface area (Å²) in [4.78, 5) is 14.4. The monoisotopic (exact) mass is 280 g/mol. The van der Waals surface area contributed by atoms with E-state index in [0.29, 0.717) is 17.4 Å². The predicted octanol–water partition coefficient (Wildman–Crippen LogP) is 2.78. The predicted molar refractivity (Wildman–Crippen MR) is 78.6 cm³/mol. The van der Waals surface area contributed by atoms with E-state index in [0.717, 1.165) is 19.6 Å². The zero-order valence-corrected chi connectivity index (χ0v) is 13.1. The van der Waals surface area contributed by atoms with E-state index in [1.807, 2.05) is 25.7 Å². The van der Waals surface area contributed by atoms with E-state index in [9.17, 15) is 4.79 Å². The molecular formula is C16H28N2O2. The highest BCUT2D eigenvalue weighted by Crippen LogP contribution is 2.56. The lowest BCUT2D eigenvalue weighted by Crippen LogP contribution is -2.72. The van der Waals surface area contributed by atoms with Crippen molar-refractivity contribution in [3.63, 3.8) is 0 Å². The third-order valence-corrected chi connectivity index (χ3v) is 5.26. The van der Waals surface area contributed by atoms with Gasteiger partial charge >= 0.3 is 6.09 Å². The van der Waals surface area contributed by atoms with Crippen LogP contribution in [0.4, 0.5) is 4.79 Å². The molecule has 3 fully saturated rings. The van der Waals surface area contributed by atoms with Crippen molar-refractivity contribution in [1.29, 1.82) is 0 Å². The Morgan fingerprint density at radius 1 is 1.25 bits per heavy atom. The molecule has 3 rings (SSSR count). The first-order valence-corrected chi connectivity index (χ1v) is 8.12. The Bertz CT molecular complexity index is 378. The van der Waals surface area contributed by atoms with Crippen LogP contribution < -0.4 is 5.32 Å². The van der Waals surface area contributed by atoms with Crippen molar-refractivity contribution < 1.29 is 9.53 Å². The number of amides is 1. The Morgan fingerprint density at radius 3 is 2.40 bits per heavy atom. The molecule has 0 bridgehead atoms. The molecule has 2 saturated heterocycles. The number of piperidine rings is 1. The van der Waals surface area contributed by atoms with Crippen molar-refractivity contribution in [1.82, 2.24) is 10.2 Å². The minimum Gasteiger partial charge on any atom is -0.444 e. The Morgan fingerprint density at radius 2 is 1.90 bits per heavy atom. The molecule has 0 aromatic carbocycles. The molecule has 20 heavy (non-hydrogen) atoms. The van der Waals surface area contributed by atoms with Crippen LogP contribution in [0.3, 0.4) is 0 Å². The molecule has 1 saturated carbocycles. The van der Waals surface area contributed by atoms with Crippen molar-refractivity contribution in [2.75, 3.05) is 19.6 Å². The quantitative estimate of drug-likeness (QED) is 0.803. The average Bonchev–Trinajstić information content (AvgIpc) is 2.24. The van der Waals surface area contributed by atoms with Crippen molar-refractivity contribution in [3.05, 3.63) is 0 Å². The summed E-state index contributed by atoms with van der Waals surface area (Å²) in [5.74, 6) is 0.665. The van der Waals surface area contributed by atoms with Crippen LogP contribution in [0.25, 0.3) is 0 Å². The lowest BCUT2D eigenvalue weighted by molar-refractivity contribution is -0.146. The topological polar surface area (TPSA) is 41.6 Å². The molecule has 1 unspecified atom stereocenters. The van der Waals surface area contributed by atoms with Crippen LogP contribution in [0.1, 0.15) is 52.9 Å². The normalized spacial score (nSPS) is 29.8. The van der Waals surface area contributed by atoms with Gasteiger partial charge in [0.1, 0.15) is 5.60 Å². The number of nitrogens with one attached hydrogen (secondary N) is 1. The number of rotatable bonds is 1. The minimum atomic E-state index is -0.391. The summed E-state index contributed by atoms with van der Waals surface area (Å²) in [5.41, 5.74) is 0.0526. The fourth-order valence-corrected chi connectivity index (χ4v) is 4.25. The first-order valence-electron chi connectivity index (χ1n) is 8.12. The molecular weight excluding hydrogens is 252 g/mol. The van der Waals surface area contributed by atoms with Gasteiger partial charge in [-0.25, -0.2) is 4.79 Å². The Hall–Kier alpha value is -0.770. The van der Waals surface area contributed by atoms with Gasteiger partial charge in [0.25, 0.3) is 0 Å². The van der Waals surface area contributed by atoms with E-state index in [4.69, 9.17) is 4.74 Å². The fraction of sp³-hybridized carbons (Fsp3) is 0.938. The van der Waals surface area contributed by atoms with Crippen LogP contribution in [0.5, 0.6) is 0 Å². The molecule has 4 nitrogen and oxygen atoms in total. The van der Waals surface area contributed by atoms with Gasteiger partial charge in [0, 0.05) is 18.0 Å². The van der Waals surface area contributed by atoms with Crippen LogP contribution in [-0.4, -0.2) is 42.3 Å². The van der Waals surface area contributed by atoms with Gasteiger partial charge in [0.15, 0.2) is 0 Å². The lowest BCUT2D eigenvalue weighted by atomic mass is 9.54. The number of ether oxygens (including phenoxy) is 1. The van der Waals surface area contributed by atoms with E-state index < -0.39 is 5.60 Å². The molecule has 3 aliphatic rings. The minimum absolute atomic E-state index is 0.0986. The van der Waals surface area contributed by atoms with E-state index in [1.165, 1.54) is 32.1 Å². The Kier molecular flexibility index (Phi) is 3.47. The smallest absolute Gasteiger partial charge is 0.410 e. The van der Waals surface area contributed by atoms with Crippen molar-refractivity contribution in [2.24, 2.45) is 11.3 Å². The van der Waals surface area contributed by atoms with E-state index in [-0.39, 0.29) is 6.09 Å². The standard InChI is InChI=1S/C16H28N2O2/c1-15(2,3)20-14(19)18-11-16(7-4-8-16)13(18)12-5-9-17-10-6-12/h12-13,17H,4-11H2,1-3H3. The summed E-state index contributed by atoms with van der Waals surface area (Å²) in [5, 5.41) is 3.43. The second-order valence-electron chi connectivity index (χ2n) is 7.86. The van der Waals surface area contributed by atoms with Crippen molar-refractivity contribution in [3.8, 4) is 0 Å². The molecule has 1 aliphatic carbocycles. The van der Waals surface area contributed by atoms with Crippen LogP contribution in [0, 0.1) is 11.3 Å². The molecule has 1 N–H and O–H groups in total. The summed E-state index contributed by atoms with van der Waals surface area (Å²) in [6.07, 6.45) is 6.25. The molecule has 0 aromatic heterocycles. The third-order valence-electron chi connectivity index (χ3n) is 5.26. The molecule has 0 radical (unpaired) electrons. The molecule has 114 valence electrons. The highest BCUT2D eigenvalue weighted by Gasteiger charge is 2.60. The first-order chi connectivity index (χ1) is 9.41. The van der Waals surface area contributed by atoms with E-state index >= 15 is 0 Å². The van der Waals surface area contributed by atoms with Gasteiger partial charge in [-0.3, -0.25) is 0 Å². The first kappa shape index (κ1) is 14.2. The molecule has 4 heteroatoms. The second-order valence-corrected chi connectivity index (χ2v) is 7.86. The molecule has 2 aliphatic heterocycles. The van der Waals surface area contributed by atoms with Crippen molar-refractivity contribution >= 4 is 6.09 Å². The maximum absolute atomic E-state index is 12.4. The van der Waals surface area contributed by atoms with Gasteiger partial charge in [-0.1, -0.05) is 6.42 Å². The lowest BCUT2D eigenvalue weighted by Gasteiger charge is -2.64. The molecule has 0 aromatic rings. The summed E-state index contributed by atoms with van der Waals surface area (Å²) in [7, 11) is 0. The molecule has 1 spiro atoms. The highest BCUT2D eigenvalue weighted by molar-refractivity contribution is 5.70. The number of hydrogen-bond acceptors (Lipinski definition) is 3. The largest absolute Gasteiger partial charge is 0.444 e.